The van der Waals surface area contributed by atoms with Gasteiger partial charge in [0, 0.05) is 31.0 Å². The van der Waals surface area contributed by atoms with Gasteiger partial charge in [-0.3, -0.25) is 9.88 Å². The van der Waals surface area contributed by atoms with Crippen LogP contribution >= 0.6 is 0 Å². The summed E-state index contributed by atoms with van der Waals surface area (Å²) in [6.45, 7) is 4.36. The van der Waals surface area contributed by atoms with Crippen LogP contribution in [-0.4, -0.2) is 54.1 Å². The van der Waals surface area contributed by atoms with Gasteiger partial charge in [-0.15, -0.1) is 0 Å². The second-order valence-corrected chi connectivity index (χ2v) is 5.88. The molecule has 0 saturated carbocycles. The molecular weight excluding hydrogens is 236 g/mol. The molecule has 2 N–H and O–H groups in total. The maximum Gasteiger partial charge on any atom is 0.0501 e. The van der Waals surface area contributed by atoms with Crippen LogP contribution in [0.1, 0.15) is 31.4 Å². The van der Waals surface area contributed by atoms with Crippen molar-refractivity contribution in [2.75, 3.05) is 27.2 Å². The number of aromatic nitrogens is 1. The van der Waals surface area contributed by atoms with E-state index in [0.29, 0.717) is 12.1 Å². The minimum Gasteiger partial charge on any atom is -0.326 e. The minimum absolute atomic E-state index is 0.130. The summed E-state index contributed by atoms with van der Waals surface area (Å²) in [5, 5.41) is 0. The molecule has 1 aromatic heterocycles. The molecule has 4 heteroatoms. The lowest BCUT2D eigenvalue weighted by Gasteiger charge is -2.36. The highest BCUT2D eigenvalue weighted by atomic mass is 15.3. The van der Waals surface area contributed by atoms with Crippen molar-refractivity contribution >= 4 is 0 Å². The molecule has 0 spiro atoms. The van der Waals surface area contributed by atoms with E-state index in [0.717, 1.165) is 13.1 Å². The zero-order chi connectivity index (χ0) is 13.8. The summed E-state index contributed by atoms with van der Waals surface area (Å²) in [4.78, 5) is 8.97. The third-order valence-corrected chi connectivity index (χ3v) is 3.90. The van der Waals surface area contributed by atoms with Crippen LogP contribution in [0, 0.1) is 0 Å². The van der Waals surface area contributed by atoms with Gasteiger partial charge in [0.15, 0.2) is 0 Å². The van der Waals surface area contributed by atoms with Crippen LogP contribution in [0.4, 0.5) is 0 Å². The molecule has 1 aromatic rings. The van der Waals surface area contributed by atoms with E-state index in [2.05, 4.69) is 47.9 Å². The molecular formula is C15H26N4. The number of likely N-dealkylation sites (tertiary alicyclic amines) is 1. The Labute approximate surface area is 116 Å². The first-order valence-electron chi connectivity index (χ1n) is 7.15. The third kappa shape index (κ3) is 3.53. The molecule has 2 heterocycles. The van der Waals surface area contributed by atoms with E-state index in [-0.39, 0.29) is 6.04 Å². The topological polar surface area (TPSA) is 45.4 Å². The van der Waals surface area contributed by atoms with E-state index in [1.165, 1.54) is 18.4 Å². The van der Waals surface area contributed by atoms with Crippen molar-refractivity contribution in [3.05, 3.63) is 30.1 Å². The van der Waals surface area contributed by atoms with Crippen LogP contribution in [0.25, 0.3) is 0 Å². The van der Waals surface area contributed by atoms with E-state index in [1.54, 1.807) is 0 Å². The second kappa shape index (κ2) is 6.46. The Balaban J connectivity index is 2.19. The number of pyridine rings is 1. The van der Waals surface area contributed by atoms with Crippen molar-refractivity contribution in [1.82, 2.24) is 14.8 Å². The summed E-state index contributed by atoms with van der Waals surface area (Å²) in [7, 11) is 4.29. The van der Waals surface area contributed by atoms with Gasteiger partial charge in [-0.25, -0.2) is 0 Å². The van der Waals surface area contributed by atoms with Gasteiger partial charge < -0.3 is 10.6 Å². The van der Waals surface area contributed by atoms with Gasteiger partial charge in [-0.1, -0.05) is 0 Å². The molecule has 1 fully saturated rings. The maximum atomic E-state index is 6.27. The van der Waals surface area contributed by atoms with E-state index in [4.69, 9.17) is 5.73 Å². The fourth-order valence-corrected chi connectivity index (χ4v) is 3.20. The molecule has 1 aliphatic rings. The highest BCUT2D eigenvalue weighted by molar-refractivity contribution is 5.18. The van der Waals surface area contributed by atoms with Crippen LogP contribution in [-0.2, 0) is 0 Å². The van der Waals surface area contributed by atoms with Gasteiger partial charge in [0.05, 0.1) is 6.04 Å². The largest absolute Gasteiger partial charge is 0.326 e. The SMILES string of the molecule is CC(N)C(c1ccncc1)N1CCCC1CN(C)C. The first-order valence-corrected chi connectivity index (χ1v) is 7.15. The molecule has 106 valence electrons. The third-order valence-electron chi connectivity index (χ3n) is 3.90. The number of nitrogens with two attached hydrogens (primary N) is 1. The Morgan fingerprint density at radius 3 is 2.68 bits per heavy atom. The number of nitrogens with zero attached hydrogens (tertiary/aromatic N) is 3. The monoisotopic (exact) mass is 262 g/mol. The number of hydrogen-bond acceptors (Lipinski definition) is 4. The summed E-state index contributed by atoms with van der Waals surface area (Å²) >= 11 is 0. The molecule has 3 unspecified atom stereocenters. The predicted molar refractivity (Wildman–Crippen MR) is 78.9 cm³/mol. The lowest BCUT2D eigenvalue weighted by atomic mass is 9.99. The Hall–Kier alpha value is -0.970. The zero-order valence-corrected chi connectivity index (χ0v) is 12.3. The molecule has 0 radical (unpaired) electrons. The molecule has 0 aliphatic carbocycles. The van der Waals surface area contributed by atoms with Crippen LogP contribution in [0.5, 0.6) is 0 Å². The Kier molecular flexibility index (Phi) is 4.91. The number of hydrogen-bond donors (Lipinski definition) is 1. The van der Waals surface area contributed by atoms with Crippen molar-refractivity contribution in [2.45, 2.75) is 37.9 Å². The Morgan fingerprint density at radius 1 is 1.42 bits per heavy atom. The second-order valence-electron chi connectivity index (χ2n) is 5.88. The summed E-state index contributed by atoms with van der Waals surface area (Å²) in [6, 6.07) is 5.23. The van der Waals surface area contributed by atoms with E-state index in [9.17, 15) is 0 Å². The van der Waals surface area contributed by atoms with Crippen molar-refractivity contribution in [3.8, 4) is 0 Å². The van der Waals surface area contributed by atoms with Crippen LogP contribution in [0.2, 0.25) is 0 Å². The van der Waals surface area contributed by atoms with Gasteiger partial charge >= 0.3 is 0 Å². The Bertz CT molecular complexity index is 377. The Morgan fingerprint density at radius 2 is 2.11 bits per heavy atom. The zero-order valence-electron chi connectivity index (χ0n) is 12.3. The van der Waals surface area contributed by atoms with Crippen LogP contribution in [0.15, 0.2) is 24.5 Å². The van der Waals surface area contributed by atoms with Gasteiger partial charge in [-0.05, 0) is 58.1 Å². The molecule has 0 amide bonds. The maximum absolute atomic E-state index is 6.27. The summed E-state index contributed by atoms with van der Waals surface area (Å²) in [5.74, 6) is 0. The van der Waals surface area contributed by atoms with Gasteiger partial charge in [0.1, 0.15) is 0 Å². The fraction of sp³-hybridized carbons (Fsp3) is 0.667. The summed E-state index contributed by atoms with van der Waals surface area (Å²) in [6.07, 6.45) is 6.27. The normalized spacial score (nSPS) is 23.7. The number of likely N-dealkylation sites (N-methyl/N-ethyl adjacent to an activating group) is 1. The van der Waals surface area contributed by atoms with Crippen molar-refractivity contribution < 1.29 is 0 Å². The van der Waals surface area contributed by atoms with Gasteiger partial charge in [0.2, 0.25) is 0 Å². The summed E-state index contributed by atoms with van der Waals surface area (Å²) in [5.41, 5.74) is 7.55. The molecule has 4 nitrogen and oxygen atoms in total. The first-order chi connectivity index (χ1) is 9.09. The first kappa shape index (κ1) is 14.4. The molecule has 0 aromatic carbocycles. The molecule has 2 rings (SSSR count). The average Bonchev–Trinajstić information content (AvgIpc) is 2.78. The van der Waals surface area contributed by atoms with Gasteiger partial charge in [0.25, 0.3) is 0 Å². The van der Waals surface area contributed by atoms with Crippen molar-refractivity contribution in [1.29, 1.82) is 0 Å². The highest BCUT2D eigenvalue weighted by Crippen LogP contribution is 2.31. The fourth-order valence-electron chi connectivity index (χ4n) is 3.20. The molecule has 19 heavy (non-hydrogen) atoms. The highest BCUT2D eigenvalue weighted by Gasteiger charge is 2.33. The van der Waals surface area contributed by atoms with Crippen LogP contribution in [0.3, 0.4) is 0 Å². The molecule has 3 atom stereocenters. The molecule has 1 aliphatic heterocycles. The number of rotatable bonds is 5. The van der Waals surface area contributed by atoms with Crippen molar-refractivity contribution in [3.63, 3.8) is 0 Å². The smallest absolute Gasteiger partial charge is 0.0501 e. The minimum atomic E-state index is 0.130. The summed E-state index contributed by atoms with van der Waals surface area (Å²) < 4.78 is 0. The van der Waals surface area contributed by atoms with Crippen LogP contribution < -0.4 is 5.73 Å². The van der Waals surface area contributed by atoms with Crippen molar-refractivity contribution in [2.24, 2.45) is 5.73 Å². The lowest BCUT2D eigenvalue weighted by Crippen LogP contribution is -2.45. The standard InChI is InChI=1S/C15H26N4/c1-12(16)15(13-6-8-17-9-7-13)19-10-4-5-14(19)11-18(2)3/h6-9,12,14-15H,4-5,10-11,16H2,1-3H3. The van der Waals surface area contributed by atoms with E-state index in [1.807, 2.05) is 12.4 Å². The average molecular weight is 262 g/mol. The van der Waals surface area contributed by atoms with E-state index < -0.39 is 0 Å². The quantitative estimate of drug-likeness (QED) is 0.873. The van der Waals surface area contributed by atoms with E-state index >= 15 is 0 Å². The van der Waals surface area contributed by atoms with Gasteiger partial charge in [-0.2, -0.15) is 0 Å². The molecule has 1 saturated heterocycles. The predicted octanol–water partition coefficient (Wildman–Crippen LogP) is 1.50. The molecule has 0 bridgehead atoms. The lowest BCUT2D eigenvalue weighted by molar-refractivity contribution is 0.137.